The Morgan fingerprint density at radius 2 is 2.31 bits per heavy atom. The van der Waals surface area contributed by atoms with Gasteiger partial charge in [0.1, 0.15) is 0 Å². The van der Waals surface area contributed by atoms with Crippen LogP contribution in [0.3, 0.4) is 0 Å². The maximum Gasteiger partial charge on any atom is 0.0798 e. The van der Waals surface area contributed by atoms with Crippen LogP contribution in [0.5, 0.6) is 0 Å². The number of thiazole rings is 1. The zero-order valence-corrected chi connectivity index (χ0v) is 9.45. The molecule has 0 aliphatic heterocycles. The second-order valence-electron chi connectivity index (χ2n) is 3.20. The van der Waals surface area contributed by atoms with Crippen LogP contribution in [0.15, 0.2) is 5.51 Å². The van der Waals surface area contributed by atoms with E-state index in [0.29, 0.717) is 6.04 Å². The van der Waals surface area contributed by atoms with Crippen molar-refractivity contribution in [1.29, 1.82) is 0 Å². The summed E-state index contributed by atoms with van der Waals surface area (Å²) in [6.45, 7) is 7.49. The van der Waals surface area contributed by atoms with Crippen molar-refractivity contribution in [3.05, 3.63) is 16.1 Å². The average Bonchev–Trinajstić information content (AvgIpc) is 2.51. The van der Waals surface area contributed by atoms with Gasteiger partial charge in [0, 0.05) is 10.9 Å². The lowest BCUT2D eigenvalue weighted by atomic mass is 10.1. The first-order valence-corrected chi connectivity index (χ1v) is 5.80. The van der Waals surface area contributed by atoms with Crippen LogP contribution in [0.1, 0.15) is 43.3 Å². The monoisotopic (exact) mass is 198 g/mol. The number of hydrogen-bond donors (Lipinski definition) is 1. The van der Waals surface area contributed by atoms with E-state index in [1.54, 1.807) is 11.3 Å². The van der Waals surface area contributed by atoms with Crippen LogP contribution in [0.2, 0.25) is 0 Å². The molecule has 2 nitrogen and oxygen atoms in total. The molecule has 0 amide bonds. The van der Waals surface area contributed by atoms with Crippen molar-refractivity contribution in [2.75, 3.05) is 6.54 Å². The summed E-state index contributed by atoms with van der Waals surface area (Å²) in [7, 11) is 0. The third kappa shape index (κ3) is 2.78. The molecule has 0 bridgehead atoms. The topological polar surface area (TPSA) is 24.9 Å². The summed E-state index contributed by atoms with van der Waals surface area (Å²) in [6.07, 6.45) is 2.42. The van der Waals surface area contributed by atoms with Crippen LogP contribution in [0.25, 0.3) is 0 Å². The Kier molecular flexibility index (Phi) is 4.39. The largest absolute Gasteiger partial charge is 0.309 e. The molecule has 1 atom stereocenters. The lowest BCUT2D eigenvalue weighted by molar-refractivity contribution is 0.514. The van der Waals surface area contributed by atoms with Crippen LogP contribution in [-0.4, -0.2) is 11.5 Å². The van der Waals surface area contributed by atoms with Gasteiger partial charge in [-0.15, -0.1) is 11.3 Å². The van der Waals surface area contributed by atoms with Gasteiger partial charge in [0.15, 0.2) is 0 Å². The SMILES string of the molecule is CCCC(NCC)c1scnc1C. The summed E-state index contributed by atoms with van der Waals surface area (Å²) in [5, 5.41) is 3.50. The molecular weight excluding hydrogens is 180 g/mol. The van der Waals surface area contributed by atoms with Gasteiger partial charge in [0.05, 0.1) is 11.2 Å². The zero-order chi connectivity index (χ0) is 9.68. The van der Waals surface area contributed by atoms with Gasteiger partial charge < -0.3 is 5.32 Å². The van der Waals surface area contributed by atoms with Crippen LogP contribution in [-0.2, 0) is 0 Å². The average molecular weight is 198 g/mol. The van der Waals surface area contributed by atoms with Crippen LogP contribution >= 0.6 is 11.3 Å². The molecule has 1 unspecified atom stereocenters. The van der Waals surface area contributed by atoms with Gasteiger partial charge in [0.25, 0.3) is 0 Å². The highest BCUT2D eigenvalue weighted by Gasteiger charge is 2.13. The van der Waals surface area contributed by atoms with Crippen molar-refractivity contribution >= 4 is 11.3 Å². The molecule has 0 aromatic carbocycles. The van der Waals surface area contributed by atoms with E-state index in [9.17, 15) is 0 Å². The molecular formula is C10H18N2S. The quantitative estimate of drug-likeness (QED) is 0.787. The molecule has 1 heterocycles. The van der Waals surface area contributed by atoms with Gasteiger partial charge in [-0.1, -0.05) is 20.3 Å². The molecule has 13 heavy (non-hydrogen) atoms. The normalized spacial score (nSPS) is 13.2. The molecule has 0 saturated carbocycles. The molecule has 0 spiro atoms. The van der Waals surface area contributed by atoms with Crippen molar-refractivity contribution in [3.8, 4) is 0 Å². The molecule has 1 aromatic rings. The second kappa shape index (κ2) is 5.35. The Balaban J connectivity index is 2.69. The van der Waals surface area contributed by atoms with Crippen molar-refractivity contribution in [1.82, 2.24) is 10.3 Å². The van der Waals surface area contributed by atoms with Crippen LogP contribution < -0.4 is 5.32 Å². The Labute approximate surface area is 84.4 Å². The lowest BCUT2D eigenvalue weighted by Gasteiger charge is -2.15. The Morgan fingerprint density at radius 3 is 2.77 bits per heavy atom. The first-order chi connectivity index (χ1) is 6.29. The summed E-state index contributed by atoms with van der Waals surface area (Å²) in [5.41, 5.74) is 3.12. The second-order valence-corrected chi connectivity index (χ2v) is 4.09. The fraction of sp³-hybridized carbons (Fsp3) is 0.700. The van der Waals surface area contributed by atoms with Gasteiger partial charge in [0.2, 0.25) is 0 Å². The number of aromatic nitrogens is 1. The third-order valence-electron chi connectivity index (χ3n) is 2.13. The van der Waals surface area contributed by atoms with E-state index in [4.69, 9.17) is 0 Å². The van der Waals surface area contributed by atoms with Gasteiger partial charge in [-0.3, -0.25) is 0 Å². The predicted molar refractivity (Wildman–Crippen MR) is 58.2 cm³/mol. The van der Waals surface area contributed by atoms with Crippen molar-refractivity contribution in [2.45, 2.75) is 39.7 Å². The molecule has 74 valence electrons. The molecule has 0 saturated heterocycles. The molecule has 0 aliphatic carbocycles. The Morgan fingerprint density at radius 1 is 1.54 bits per heavy atom. The minimum Gasteiger partial charge on any atom is -0.309 e. The van der Waals surface area contributed by atoms with Crippen LogP contribution in [0, 0.1) is 6.92 Å². The molecule has 1 rings (SSSR count). The standard InChI is InChI=1S/C10H18N2S/c1-4-6-9(11-5-2)10-8(3)12-7-13-10/h7,9,11H,4-6H2,1-3H3. The van der Waals surface area contributed by atoms with Crippen molar-refractivity contribution in [2.24, 2.45) is 0 Å². The van der Waals surface area contributed by atoms with Gasteiger partial charge in [-0.25, -0.2) is 4.98 Å². The molecule has 3 heteroatoms. The van der Waals surface area contributed by atoms with E-state index < -0.39 is 0 Å². The molecule has 0 fully saturated rings. The number of nitrogens with zero attached hydrogens (tertiary/aromatic N) is 1. The molecule has 0 aliphatic rings. The highest BCUT2D eigenvalue weighted by atomic mass is 32.1. The van der Waals surface area contributed by atoms with Crippen molar-refractivity contribution < 1.29 is 0 Å². The highest BCUT2D eigenvalue weighted by Crippen LogP contribution is 2.25. The minimum atomic E-state index is 0.516. The van der Waals surface area contributed by atoms with Gasteiger partial charge in [-0.05, 0) is 19.9 Å². The molecule has 1 N–H and O–H groups in total. The minimum absolute atomic E-state index is 0.516. The number of aryl methyl sites for hydroxylation is 1. The van der Waals surface area contributed by atoms with E-state index >= 15 is 0 Å². The van der Waals surface area contributed by atoms with E-state index in [1.807, 2.05) is 5.51 Å². The smallest absolute Gasteiger partial charge is 0.0798 e. The van der Waals surface area contributed by atoms with Gasteiger partial charge >= 0.3 is 0 Å². The zero-order valence-electron chi connectivity index (χ0n) is 8.63. The highest BCUT2D eigenvalue weighted by molar-refractivity contribution is 7.09. The third-order valence-corrected chi connectivity index (χ3v) is 3.17. The Hall–Kier alpha value is -0.410. The van der Waals surface area contributed by atoms with E-state index in [2.05, 4.69) is 31.1 Å². The fourth-order valence-corrected chi connectivity index (χ4v) is 2.42. The molecule has 0 radical (unpaired) electrons. The predicted octanol–water partition coefficient (Wildman–Crippen LogP) is 2.90. The van der Waals surface area contributed by atoms with Gasteiger partial charge in [-0.2, -0.15) is 0 Å². The summed E-state index contributed by atoms with van der Waals surface area (Å²) >= 11 is 1.76. The van der Waals surface area contributed by atoms with E-state index in [1.165, 1.54) is 23.4 Å². The summed E-state index contributed by atoms with van der Waals surface area (Å²) in [6, 6.07) is 0.516. The number of hydrogen-bond acceptors (Lipinski definition) is 3. The fourth-order valence-electron chi connectivity index (χ4n) is 1.51. The van der Waals surface area contributed by atoms with E-state index in [-0.39, 0.29) is 0 Å². The van der Waals surface area contributed by atoms with Crippen LogP contribution in [0.4, 0.5) is 0 Å². The number of rotatable bonds is 5. The molecule has 1 aromatic heterocycles. The summed E-state index contributed by atoms with van der Waals surface area (Å²) in [5.74, 6) is 0. The lowest BCUT2D eigenvalue weighted by Crippen LogP contribution is -2.20. The van der Waals surface area contributed by atoms with Crippen molar-refractivity contribution in [3.63, 3.8) is 0 Å². The summed E-state index contributed by atoms with van der Waals surface area (Å²) < 4.78 is 0. The first kappa shape index (κ1) is 10.7. The number of nitrogens with one attached hydrogen (secondary N) is 1. The van der Waals surface area contributed by atoms with E-state index in [0.717, 1.165) is 6.54 Å². The maximum absolute atomic E-state index is 4.28. The first-order valence-electron chi connectivity index (χ1n) is 4.92. The summed E-state index contributed by atoms with van der Waals surface area (Å²) in [4.78, 5) is 5.69. The Bertz CT molecular complexity index is 239. The maximum atomic E-state index is 4.28.